The molecule has 0 amide bonds. The molecule has 0 aliphatic heterocycles. The maximum atomic E-state index is 12.4. The van der Waals surface area contributed by atoms with Crippen molar-refractivity contribution in [2.75, 3.05) is 0 Å². The van der Waals surface area contributed by atoms with Gasteiger partial charge in [-0.05, 0) is 65.8 Å². The fourth-order valence-corrected chi connectivity index (χ4v) is 3.20. The number of benzene rings is 3. The molecule has 0 fully saturated rings. The van der Waals surface area contributed by atoms with Crippen LogP contribution in [0.5, 0.6) is 5.75 Å². The van der Waals surface area contributed by atoms with Gasteiger partial charge in [-0.15, -0.1) is 0 Å². The van der Waals surface area contributed by atoms with E-state index < -0.39 is 0 Å². The molecule has 0 bridgehead atoms. The average molecular weight is 373 g/mol. The lowest BCUT2D eigenvalue weighted by Crippen LogP contribution is -2.08. The Morgan fingerprint density at radius 3 is 1.86 bits per heavy atom. The Bertz CT molecular complexity index is 875. The van der Waals surface area contributed by atoms with E-state index in [9.17, 15) is 4.79 Å². The van der Waals surface area contributed by atoms with E-state index in [1.807, 2.05) is 48.5 Å². The summed E-state index contributed by atoms with van der Waals surface area (Å²) in [4.78, 5) is 12.4. The van der Waals surface area contributed by atoms with Gasteiger partial charge in [0.05, 0.1) is 5.56 Å². The Labute approximate surface area is 168 Å². The number of carbonyl (C=O) groups is 1. The van der Waals surface area contributed by atoms with Crippen molar-refractivity contribution in [3.63, 3.8) is 0 Å². The number of unbranched alkanes of at least 4 members (excludes halogenated alkanes) is 2. The van der Waals surface area contributed by atoms with E-state index in [0.717, 1.165) is 24.0 Å². The molecule has 144 valence electrons. The summed E-state index contributed by atoms with van der Waals surface area (Å²) in [6, 6.07) is 23.9. The second kappa shape index (κ2) is 9.89. The van der Waals surface area contributed by atoms with Crippen molar-refractivity contribution in [2.24, 2.45) is 0 Å². The Morgan fingerprint density at radius 1 is 0.714 bits per heavy atom. The molecule has 3 aromatic carbocycles. The lowest BCUT2D eigenvalue weighted by molar-refractivity contribution is 0.0735. The van der Waals surface area contributed by atoms with Crippen LogP contribution < -0.4 is 4.74 Å². The molecule has 0 aromatic heterocycles. The summed E-state index contributed by atoms with van der Waals surface area (Å²) in [7, 11) is 0. The smallest absolute Gasteiger partial charge is 0.343 e. The minimum Gasteiger partial charge on any atom is -0.423 e. The Balaban J connectivity index is 1.61. The molecular weight excluding hydrogens is 344 g/mol. The van der Waals surface area contributed by atoms with Crippen molar-refractivity contribution in [2.45, 2.75) is 46.0 Å². The van der Waals surface area contributed by atoms with E-state index in [1.54, 1.807) is 0 Å². The number of esters is 1. The molecule has 3 rings (SSSR count). The minimum absolute atomic E-state index is 0.327. The van der Waals surface area contributed by atoms with Gasteiger partial charge in [0.15, 0.2) is 0 Å². The number of ether oxygens (including phenoxy) is 1. The highest BCUT2D eigenvalue weighted by Gasteiger charge is 2.09. The molecule has 0 aliphatic carbocycles. The van der Waals surface area contributed by atoms with Crippen molar-refractivity contribution in [3.05, 3.63) is 89.5 Å². The maximum Gasteiger partial charge on any atom is 0.343 e. The quantitative estimate of drug-likeness (QED) is 0.245. The van der Waals surface area contributed by atoms with Crippen LogP contribution in [0, 0.1) is 0 Å². The molecule has 0 aliphatic rings. The van der Waals surface area contributed by atoms with Crippen molar-refractivity contribution in [1.82, 2.24) is 0 Å². The molecule has 0 spiro atoms. The number of carbonyl (C=O) groups excluding carboxylic acids is 1. The van der Waals surface area contributed by atoms with E-state index in [0.29, 0.717) is 11.3 Å². The predicted octanol–water partition coefficient (Wildman–Crippen LogP) is 6.87. The first-order valence-corrected chi connectivity index (χ1v) is 10.2. The highest BCUT2D eigenvalue weighted by atomic mass is 16.5. The highest BCUT2D eigenvalue weighted by molar-refractivity contribution is 5.91. The van der Waals surface area contributed by atoms with Crippen LogP contribution in [-0.2, 0) is 12.8 Å². The largest absolute Gasteiger partial charge is 0.423 e. The lowest BCUT2D eigenvalue weighted by Gasteiger charge is -2.07. The summed E-state index contributed by atoms with van der Waals surface area (Å²) in [5, 5.41) is 0. The van der Waals surface area contributed by atoms with E-state index in [1.165, 1.54) is 30.4 Å². The monoisotopic (exact) mass is 372 g/mol. The molecule has 0 N–H and O–H groups in total. The molecule has 2 nitrogen and oxygen atoms in total. The summed E-state index contributed by atoms with van der Waals surface area (Å²) in [5.74, 6) is 0.259. The molecule has 0 unspecified atom stereocenters. The summed E-state index contributed by atoms with van der Waals surface area (Å²) < 4.78 is 5.52. The van der Waals surface area contributed by atoms with Crippen LogP contribution in [0.3, 0.4) is 0 Å². The first-order chi connectivity index (χ1) is 13.7. The lowest BCUT2D eigenvalue weighted by atomic mass is 10.0. The number of hydrogen-bond donors (Lipinski definition) is 0. The molecule has 0 atom stereocenters. The van der Waals surface area contributed by atoms with Crippen LogP contribution in [0.15, 0.2) is 72.8 Å². The maximum absolute atomic E-state index is 12.4. The standard InChI is InChI=1S/C26H28O2/c1-3-5-6-7-21-10-18-25(19-11-21)28-26(27)24-16-14-23(15-17-24)22-12-8-20(4-2)9-13-22/h8-19H,3-7H2,1-2H3. The predicted molar refractivity (Wildman–Crippen MR) is 116 cm³/mol. The Hall–Kier alpha value is -2.87. The van der Waals surface area contributed by atoms with Gasteiger partial charge in [-0.1, -0.05) is 75.2 Å². The normalized spacial score (nSPS) is 10.6. The Kier molecular flexibility index (Phi) is 7.02. The number of hydrogen-bond acceptors (Lipinski definition) is 2. The van der Waals surface area contributed by atoms with Crippen molar-refractivity contribution in [1.29, 1.82) is 0 Å². The minimum atomic E-state index is -0.327. The summed E-state index contributed by atoms with van der Waals surface area (Å²) in [6.45, 7) is 4.35. The van der Waals surface area contributed by atoms with Crippen LogP contribution >= 0.6 is 0 Å². The molecule has 0 radical (unpaired) electrons. The van der Waals surface area contributed by atoms with E-state index in [-0.39, 0.29) is 5.97 Å². The molecule has 0 saturated carbocycles. The van der Waals surface area contributed by atoms with Gasteiger partial charge < -0.3 is 4.74 Å². The van der Waals surface area contributed by atoms with Crippen molar-refractivity contribution < 1.29 is 9.53 Å². The van der Waals surface area contributed by atoms with Gasteiger partial charge in [-0.3, -0.25) is 0 Å². The van der Waals surface area contributed by atoms with E-state index >= 15 is 0 Å². The average Bonchev–Trinajstić information content (AvgIpc) is 2.75. The van der Waals surface area contributed by atoms with Gasteiger partial charge >= 0.3 is 5.97 Å². The zero-order valence-corrected chi connectivity index (χ0v) is 16.8. The second-order valence-electron chi connectivity index (χ2n) is 7.12. The Morgan fingerprint density at radius 2 is 1.29 bits per heavy atom. The van der Waals surface area contributed by atoms with Gasteiger partial charge in [-0.2, -0.15) is 0 Å². The van der Waals surface area contributed by atoms with E-state index in [2.05, 4.69) is 38.1 Å². The van der Waals surface area contributed by atoms with Gasteiger partial charge in [0.25, 0.3) is 0 Å². The van der Waals surface area contributed by atoms with Crippen molar-refractivity contribution in [3.8, 4) is 16.9 Å². The zero-order valence-electron chi connectivity index (χ0n) is 16.8. The zero-order chi connectivity index (χ0) is 19.8. The number of rotatable bonds is 8. The van der Waals surface area contributed by atoms with Crippen LogP contribution in [0.1, 0.15) is 54.6 Å². The fourth-order valence-electron chi connectivity index (χ4n) is 3.20. The summed E-state index contributed by atoms with van der Waals surface area (Å²) in [5.41, 5.74) is 5.40. The number of aryl methyl sites for hydroxylation is 2. The molecular formula is C26H28O2. The molecule has 3 aromatic rings. The highest BCUT2D eigenvalue weighted by Crippen LogP contribution is 2.22. The summed E-state index contributed by atoms with van der Waals surface area (Å²) >= 11 is 0. The van der Waals surface area contributed by atoms with Crippen LogP contribution in [0.25, 0.3) is 11.1 Å². The van der Waals surface area contributed by atoms with Crippen molar-refractivity contribution >= 4 is 5.97 Å². The molecule has 2 heteroatoms. The topological polar surface area (TPSA) is 26.3 Å². The first-order valence-electron chi connectivity index (χ1n) is 10.2. The van der Waals surface area contributed by atoms with Crippen LogP contribution in [0.2, 0.25) is 0 Å². The molecule has 28 heavy (non-hydrogen) atoms. The third kappa shape index (κ3) is 5.32. The van der Waals surface area contributed by atoms with Gasteiger partial charge in [0.1, 0.15) is 5.75 Å². The third-order valence-electron chi connectivity index (χ3n) is 5.02. The second-order valence-corrected chi connectivity index (χ2v) is 7.12. The van der Waals surface area contributed by atoms with Crippen LogP contribution in [0.4, 0.5) is 0 Å². The van der Waals surface area contributed by atoms with E-state index in [4.69, 9.17) is 4.74 Å². The van der Waals surface area contributed by atoms with Gasteiger partial charge in [0, 0.05) is 0 Å². The first kappa shape index (κ1) is 19.9. The van der Waals surface area contributed by atoms with Gasteiger partial charge in [0.2, 0.25) is 0 Å². The van der Waals surface area contributed by atoms with Crippen LogP contribution in [-0.4, -0.2) is 5.97 Å². The third-order valence-corrected chi connectivity index (χ3v) is 5.02. The molecule has 0 saturated heterocycles. The van der Waals surface area contributed by atoms with Gasteiger partial charge in [-0.25, -0.2) is 4.79 Å². The SMILES string of the molecule is CCCCCc1ccc(OC(=O)c2ccc(-c3ccc(CC)cc3)cc2)cc1. The summed E-state index contributed by atoms with van der Waals surface area (Å²) in [6.07, 6.45) is 5.77. The fraction of sp³-hybridized carbons (Fsp3) is 0.269. The molecule has 0 heterocycles.